The van der Waals surface area contributed by atoms with Crippen LogP contribution in [-0.4, -0.2) is 86.1 Å². The quantitative estimate of drug-likeness (QED) is 0.691. The summed E-state index contributed by atoms with van der Waals surface area (Å²) in [6, 6.07) is 0.756. The van der Waals surface area contributed by atoms with Crippen LogP contribution in [0.3, 0.4) is 0 Å². The molecule has 0 saturated carbocycles. The minimum Gasteiger partial charge on any atom is -0.314 e. The van der Waals surface area contributed by atoms with Crippen LogP contribution in [0.4, 0.5) is 17.6 Å². The summed E-state index contributed by atoms with van der Waals surface area (Å²) in [6.45, 7) is 4.62. The molecule has 0 spiro atoms. The highest BCUT2D eigenvalue weighted by Crippen LogP contribution is 2.29. The fourth-order valence-corrected chi connectivity index (χ4v) is 3.21. The van der Waals surface area contributed by atoms with Gasteiger partial charge in [0.2, 0.25) is 0 Å². The largest absolute Gasteiger partial charge is 0.314 e. The Kier molecular flexibility index (Phi) is 8.03. The molecule has 0 unspecified atom stereocenters. The lowest BCUT2D eigenvalue weighted by molar-refractivity contribution is 0.00397. The predicted octanol–water partition coefficient (Wildman–Crippen LogP) is 1.44. The third-order valence-corrected chi connectivity index (χ3v) is 4.95. The number of rotatable bonds is 2. The van der Waals surface area contributed by atoms with E-state index in [0.717, 1.165) is 26.2 Å². The van der Waals surface area contributed by atoms with Crippen molar-refractivity contribution in [2.45, 2.75) is 36.8 Å². The van der Waals surface area contributed by atoms with Gasteiger partial charge in [-0.1, -0.05) is 0 Å². The molecular formula is C14H26Cl2F4N4. The van der Waals surface area contributed by atoms with E-state index in [1.54, 1.807) is 0 Å². The molecule has 0 amide bonds. The van der Waals surface area contributed by atoms with Crippen molar-refractivity contribution >= 4 is 24.8 Å². The summed E-state index contributed by atoms with van der Waals surface area (Å²) < 4.78 is 50.6. The van der Waals surface area contributed by atoms with Crippen molar-refractivity contribution in [2.75, 3.05) is 52.4 Å². The first-order valence-electron chi connectivity index (χ1n) is 8.00. The first-order chi connectivity index (χ1) is 10.3. The topological polar surface area (TPSA) is 30.5 Å². The molecule has 4 heterocycles. The molecule has 0 aliphatic carbocycles. The highest BCUT2D eigenvalue weighted by molar-refractivity contribution is 5.85. The SMILES string of the molecule is Cl.Cl.FC1(F)CCN(C2CNC2)C1.FC1(F)CCN(C2CNC2)C1. The van der Waals surface area contributed by atoms with Gasteiger partial charge in [-0.3, -0.25) is 9.80 Å². The van der Waals surface area contributed by atoms with Crippen LogP contribution >= 0.6 is 24.8 Å². The second-order valence-corrected chi connectivity index (χ2v) is 6.78. The molecule has 2 N–H and O–H groups in total. The van der Waals surface area contributed by atoms with Gasteiger partial charge in [-0.25, -0.2) is 17.6 Å². The molecule has 0 aromatic heterocycles. The maximum absolute atomic E-state index is 12.7. The number of nitrogens with one attached hydrogen (secondary N) is 2. The van der Waals surface area contributed by atoms with Crippen molar-refractivity contribution in [3.05, 3.63) is 0 Å². The zero-order valence-corrected chi connectivity index (χ0v) is 15.1. The van der Waals surface area contributed by atoms with Crippen molar-refractivity contribution in [3.63, 3.8) is 0 Å². The Morgan fingerprint density at radius 3 is 1.17 bits per heavy atom. The fraction of sp³-hybridized carbons (Fsp3) is 1.00. The monoisotopic (exact) mass is 396 g/mol. The minimum atomic E-state index is -2.42. The van der Waals surface area contributed by atoms with Crippen molar-refractivity contribution in [1.82, 2.24) is 20.4 Å². The summed E-state index contributed by atoms with van der Waals surface area (Å²) in [5, 5.41) is 6.16. The van der Waals surface area contributed by atoms with E-state index in [9.17, 15) is 17.6 Å². The van der Waals surface area contributed by atoms with E-state index in [1.807, 2.05) is 9.80 Å². The number of likely N-dealkylation sites (tertiary alicyclic amines) is 2. The Bertz CT molecular complexity index is 359. The van der Waals surface area contributed by atoms with Gasteiger partial charge in [-0.15, -0.1) is 24.8 Å². The number of nitrogens with zero attached hydrogens (tertiary/aromatic N) is 2. The Balaban J connectivity index is 0.000000222. The second kappa shape index (κ2) is 8.68. The molecule has 24 heavy (non-hydrogen) atoms. The average Bonchev–Trinajstić information content (AvgIpc) is 2.78. The molecule has 4 rings (SSSR count). The Hall–Kier alpha value is 0.140. The lowest BCUT2D eigenvalue weighted by Crippen LogP contribution is -2.56. The summed E-state index contributed by atoms with van der Waals surface area (Å²) in [6.07, 6.45) is 0.0903. The van der Waals surface area contributed by atoms with E-state index in [2.05, 4.69) is 10.6 Å². The normalized spacial score (nSPS) is 29.5. The van der Waals surface area contributed by atoms with Gasteiger partial charge < -0.3 is 10.6 Å². The van der Waals surface area contributed by atoms with Gasteiger partial charge in [-0.05, 0) is 0 Å². The van der Waals surface area contributed by atoms with Crippen LogP contribution in [0.25, 0.3) is 0 Å². The van der Waals surface area contributed by atoms with Gasteiger partial charge >= 0.3 is 0 Å². The average molecular weight is 397 g/mol. The highest BCUT2D eigenvalue weighted by Gasteiger charge is 2.42. The minimum absolute atomic E-state index is 0. The van der Waals surface area contributed by atoms with Crippen LogP contribution in [0.5, 0.6) is 0 Å². The van der Waals surface area contributed by atoms with Crippen molar-refractivity contribution in [2.24, 2.45) is 0 Å². The van der Waals surface area contributed by atoms with E-state index in [4.69, 9.17) is 0 Å². The maximum atomic E-state index is 12.7. The van der Waals surface area contributed by atoms with Crippen molar-refractivity contribution in [1.29, 1.82) is 0 Å². The molecule has 0 bridgehead atoms. The highest BCUT2D eigenvalue weighted by atomic mass is 35.5. The zero-order valence-electron chi connectivity index (χ0n) is 13.4. The van der Waals surface area contributed by atoms with Crippen molar-refractivity contribution in [3.8, 4) is 0 Å². The Morgan fingerprint density at radius 2 is 1.00 bits per heavy atom. The standard InChI is InChI=1S/2C7H12F2N2.2ClH/c2*8-7(9)1-2-11(5-7)6-3-10-4-6;;/h2*6,10H,1-5H2;2*1H. The molecule has 0 atom stereocenters. The number of hydrogen-bond donors (Lipinski definition) is 2. The smallest absolute Gasteiger partial charge is 0.261 e. The zero-order chi connectivity index (χ0) is 15.8. The molecule has 4 saturated heterocycles. The van der Waals surface area contributed by atoms with Crippen LogP contribution in [0.2, 0.25) is 0 Å². The molecule has 4 nitrogen and oxygen atoms in total. The van der Waals surface area contributed by atoms with Gasteiger partial charge in [0.25, 0.3) is 11.8 Å². The molecule has 4 fully saturated rings. The maximum Gasteiger partial charge on any atom is 0.261 e. The number of hydrogen-bond acceptors (Lipinski definition) is 4. The molecule has 0 aromatic rings. The lowest BCUT2D eigenvalue weighted by atomic mass is 10.1. The van der Waals surface area contributed by atoms with Crippen LogP contribution in [0.15, 0.2) is 0 Å². The first-order valence-corrected chi connectivity index (χ1v) is 8.00. The molecule has 144 valence electrons. The van der Waals surface area contributed by atoms with Crippen LogP contribution in [0.1, 0.15) is 12.8 Å². The Labute approximate surface area is 152 Å². The summed E-state index contributed by atoms with van der Waals surface area (Å²) >= 11 is 0. The van der Waals surface area contributed by atoms with Gasteiger partial charge in [0.15, 0.2) is 0 Å². The summed E-state index contributed by atoms with van der Waals surface area (Å²) in [7, 11) is 0. The second-order valence-electron chi connectivity index (χ2n) is 6.78. The first kappa shape index (κ1) is 22.2. The molecular weight excluding hydrogens is 371 g/mol. The van der Waals surface area contributed by atoms with Crippen LogP contribution in [0, 0.1) is 0 Å². The van der Waals surface area contributed by atoms with Crippen molar-refractivity contribution < 1.29 is 17.6 Å². The van der Waals surface area contributed by atoms with Gasteiger partial charge in [0.1, 0.15) is 0 Å². The Morgan fingerprint density at radius 1 is 0.667 bits per heavy atom. The third kappa shape index (κ3) is 5.57. The van der Waals surface area contributed by atoms with Crippen LogP contribution < -0.4 is 10.6 Å². The van der Waals surface area contributed by atoms with E-state index in [0.29, 0.717) is 25.2 Å². The van der Waals surface area contributed by atoms with E-state index >= 15 is 0 Å². The molecule has 4 aliphatic heterocycles. The van der Waals surface area contributed by atoms with E-state index in [1.165, 1.54) is 0 Å². The summed E-state index contributed by atoms with van der Waals surface area (Å²) in [5.41, 5.74) is 0. The summed E-state index contributed by atoms with van der Waals surface area (Å²) in [4.78, 5) is 3.77. The van der Waals surface area contributed by atoms with E-state index < -0.39 is 11.8 Å². The molecule has 0 aromatic carbocycles. The lowest BCUT2D eigenvalue weighted by Gasteiger charge is -2.35. The number of halogens is 6. The molecule has 0 radical (unpaired) electrons. The number of alkyl halides is 4. The van der Waals surface area contributed by atoms with Gasteiger partial charge in [0.05, 0.1) is 13.1 Å². The third-order valence-electron chi connectivity index (χ3n) is 4.95. The van der Waals surface area contributed by atoms with Gasteiger partial charge in [-0.2, -0.15) is 0 Å². The predicted molar refractivity (Wildman–Crippen MR) is 90.1 cm³/mol. The van der Waals surface area contributed by atoms with E-state index in [-0.39, 0.29) is 50.7 Å². The molecule has 10 heteroatoms. The van der Waals surface area contributed by atoms with Gasteiger partial charge in [0, 0.05) is 64.2 Å². The fourth-order valence-electron chi connectivity index (χ4n) is 3.21. The summed E-state index contributed by atoms with van der Waals surface area (Å²) in [5.74, 6) is -4.84. The molecule has 4 aliphatic rings. The van der Waals surface area contributed by atoms with Crippen LogP contribution in [-0.2, 0) is 0 Å².